The van der Waals surface area contributed by atoms with Gasteiger partial charge in [0.2, 0.25) is 0 Å². The zero-order valence-electron chi connectivity index (χ0n) is 17.0. The van der Waals surface area contributed by atoms with Crippen molar-refractivity contribution in [1.82, 2.24) is 0 Å². The summed E-state index contributed by atoms with van der Waals surface area (Å²) in [6.45, 7) is 6.98. The van der Waals surface area contributed by atoms with Crippen LogP contribution < -0.4 is 0 Å². The van der Waals surface area contributed by atoms with Crippen LogP contribution in [0.4, 0.5) is 0 Å². The van der Waals surface area contributed by atoms with Gasteiger partial charge in [-0.3, -0.25) is 9.59 Å². The molecule has 3 heteroatoms. The van der Waals surface area contributed by atoms with Crippen molar-refractivity contribution in [3.8, 4) is 0 Å². The van der Waals surface area contributed by atoms with Crippen molar-refractivity contribution in [3.63, 3.8) is 0 Å². The Labute approximate surface area is 162 Å². The van der Waals surface area contributed by atoms with Crippen LogP contribution in [0.2, 0.25) is 0 Å². The second kappa shape index (κ2) is 4.19. The Morgan fingerprint density at radius 1 is 0.889 bits per heavy atom. The van der Waals surface area contributed by atoms with E-state index < -0.39 is 0 Å². The van der Waals surface area contributed by atoms with E-state index in [2.05, 4.69) is 20.8 Å². The highest BCUT2D eigenvalue weighted by molar-refractivity contribution is 5.95. The third-order valence-corrected chi connectivity index (χ3v) is 12.1. The van der Waals surface area contributed by atoms with Gasteiger partial charge in [0.25, 0.3) is 0 Å². The zero-order chi connectivity index (χ0) is 18.7. The lowest BCUT2D eigenvalue weighted by Crippen LogP contribution is -2.44. The summed E-state index contributed by atoms with van der Waals surface area (Å²) in [6, 6.07) is 0. The summed E-state index contributed by atoms with van der Waals surface area (Å²) in [5, 5.41) is 0. The Morgan fingerprint density at radius 2 is 1.52 bits per heavy atom. The Balaban J connectivity index is 1.52. The van der Waals surface area contributed by atoms with E-state index in [9.17, 15) is 9.59 Å². The molecule has 0 aromatic carbocycles. The molecule has 7 rings (SSSR count). The van der Waals surface area contributed by atoms with Crippen LogP contribution in [-0.4, -0.2) is 18.9 Å². The predicted molar refractivity (Wildman–Crippen MR) is 99.3 cm³/mol. The number of esters is 1. The zero-order valence-corrected chi connectivity index (χ0v) is 17.0. The SMILES string of the molecule is COC(=O)[C@]1(C)[C@@H]2[C@@H]3CCC[C@@H]3[C@@H]3[C@@H]2[C@@H]2[C@@H]4[C@@H]5[C@H](CC[C@@]5(C)C(=O)[C@]34C)[C@@H]21. The molecule has 0 N–H and O–H groups in total. The molecule has 3 nitrogen and oxygen atoms in total. The topological polar surface area (TPSA) is 43.4 Å². The quantitative estimate of drug-likeness (QED) is 0.658. The minimum atomic E-state index is -0.309. The number of ether oxygens (including phenoxy) is 1. The van der Waals surface area contributed by atoms with Gasteiger partial charge in [0.05, 0.1) is 12.5 Å². The van der Waals surface area contributed by atoms with Gasteiger partial charge in [-0.15, -0.1) is 0 Å². The molecule has 0 heterocycles. The largest absolute Gasteiger partial charge is 0.469 e. The molecular formula is C24H32O3. The van der Waals surface area contributed by atoms with Crippen molar-refractivity contribution in [2.75, 3.05) is 7.11 Å². The first kappa shape index (κ1) is 16.0. The van der Waals surface area contributed by atoms with Gasteiger partial charge < -0.3 is 4.74 Å². The van der Waals surface area contributed by atoms with Crippen LogP contribution >= 0.6 is 0 Å². The second-order valence-electron chi connectivity index (χ2n) is 12.0. The molecule has 146 valence electrons. The molecule has 0 amide bonds. The number of Topliss-reactive ketones (excluding diaryl/α,β-unsaturated/α-hetero) is 1. The van der Waals surface area contributed by atoms with Crippen molar-refractivity contribution in [3.05, 3.63) is 0 Å². The number of carbonyl (C=O) groups is 2. The Morgan fingerprint density at radius 3 is 2.22 bits per heavy atom. The van der Waals surface area contributed by atoms with Gasteiger partial charge in [0.15, 0.2) is 0 Å². The molecule has 27 heavy (non-hydrogen) atoms. The van der Waals surface area contributed by atoms with Gasteiger partial charge in [-0.1, -0.05) is 20.3 Å². The highest BCUT2D eigenvalue weighted by Gasteiger charge is 2.89. The molecule has 13 atom stereocenters. The fourth-order valence-corrected chi connectivity index (χ4v) is 12.2. The minimum Gasteiger partial charge on any atom is -0.469 e. The van der Waals surface area contributed by atoms with Crippen LogP contribution in [-0.2, 0) is 14.3 Å². The van der Waals surface area contributed by atoms with Crippen LogP contribution in [0.3, 0.4) is 0 Å². The molecule has 0 unspecified atom stereocenters. The molecule has 0 radical (unpaired) electrons. The smallest absolute Gasteiger partial charge is 0.312 e. The third kappa shape index (κ3) is 1.22. The number of rotatable bonds is 1. The average Bonchev–Trinajstić information content (AvgIpc) is 3.42. The number of fused-ring (bicyclic) bond motifs is 5. The lowest BCUT2D eigenvalue weighted by Gasteiger charge is -2.39. The molecule has 0 aromatic rings. The summed E-state index contributed by atoms with van der Waals surface area (Å²) in [5.74, 6) is 6.44. The molecule has 0 aliphatic heterocycles. The van der Waals surface area contributed by atoms with Crippen LogP contribution in [0.15, 0.2) is 0 Å². The fourth-order valence-electron chi connectivity index (χ4n) is 12.2. The van der Waals surface area contributed by atoms with Crippen molar-refractivity contribution in [1.29, 1.82) is 0 Å². The van der Waals surface area contributed by atoms with Gasteiger partial charge in [-0.05, 0) is 91.8 Å². The number of carbonyl (C=O) groups excluding carboxylic acids is 2. The first-order valence-electron chi connectivity index (χ1n) is 11.5. The summed E-state index contributed by atoms with van der Waals surface area (Å²) in [5.41, 5.74) is -0.513. The molecular weight excluding hydrogens is 336 g/mol. The average molecular weight is 369 g/mol. The fraction of sp³-hybridized carbons (Fsp3) is 0.917. The van der Waals surface area contributed by atoms with E-state index in [-0.39, 0.29) is 22.2 Å². The van der Waals surface area contributed by atoms with Crippen molar-refractivity contribution in [2.45, 2.75) is 52.9 Å². The molecule has 7 aliphatic rings. The molecule has 7 aliphatic carbocycles. The maximum Gasteiger partial charge on any atom is 0.312 e. The third-order valence-electron chi connectivity index (χ3n) is 12.1. The van der Waals surface area contributed by atoms with Crippen LogP contribution in [0.1, 0.15) is 52.9 Å². The predicted octanol–water partition coefficient (Wildman–Crippen LogP) is 3.96. The molecule has 7 saturated carbocycles. The lowest BCUT2D eigenvalue weighted by atomic mass is 9.64. The van der Waals surface area contributed by atoms with E-state index in [1.54, 1.807) is 7.11 Å². The van der Waals surface area contributed by atoms with E-state index >= 15 is 0 Å². The molecule has 0 spiro atoms. The first-order valence-corrected chi connectivity index (χ1v) is 11.5. The second-order valence-corrected chi connectivity index (χ2v) is 12.0. The summed E-state index contributed by atoms with van der Waals surface area (Å²) in [4.78, 5) is 27.3. The number of hydrogen-bond acceptors (Lipinski definition) is 3. The summed E-state index contributed by atoms with van der Waals surface area (Å²) < 4.78 is 5.50. The van der Waals surface area contributed by atoms with E-state index in [1.165, 1.54) is 19.3 Å². The van der Waals surface area contributed by atoms with Crippen molar-refractivity contribution >= 4 is 11.8 Å². The number of hydrogen-bond donors (Lipinski definition) is 0. The van der Waals surface area contributed by atoms with Gasteiger partial charge in [0, 0.05) is 10.8 Å². The van der Waals surface area contributed by atoms with E-state index in [0.29, 0.717) is 65.0 Å². The van der Waals surface area contributed by atoms with E-state index in [4.69, 9.17) is 4.74 Å². The van der Waals surface area contributed by atoms with Crippen LogP contribution in [0.25, 0.3) is 0 Å². The summed E-state index contributed by atoms with van der Waals surface area (Å²) in [6.07, 6.45) is 6.07. The van der Waals surface area contributed by atoms with Crippen LogP contribution in [0, 0.1) is 75.4 Å². The van der Waals surface area contributed by atoms with Gasteiger partial charge in [0.1, 0.15) is 5.78 Å². The Hall–Kier alpha value is -0.860. The van der Waals surface area contributed by atoms with Gasteiger partial charge in [-0.2, -0.15) is 0 Å². The van der Waals surface area contributed by atoms with Gasteiger partial charge >= 0.3 is 5.97 Å². The minimum absolute atomic E-state index is 0.0693. The normalized spacial score (nSPS) is 68.7. The summed E-state index contributed by atoms with van der Waals surface area (Å²) >= 11 is 0. The van der Waals surface area contributed by atoms with Crippen molar-refractivity contribution in [2.24, 2.45) is 75.4 Å². The molecule has 0 saturated heterocycles. The maximum absolute atomic E-state index is 14.0. The maximum atomic E-state index is 14.0. The lowest BCUT2D eigenvalue weighted by molar-refractivity contribution is -0.160. The number of methoxy groups -OCH3 is 1. The van der Waals surface area contributed by atoms with Gasteiger partial charge in [-0.25, -0.2) is 0 Å². The molecule has 0 aromatic heterocycles. The van der Waals surface area contributed by atoms with Crippen LogP contribution in [0.5, 0.6) is 0 Å². The molecule has 7 fully saturated rings. The Kier molecular flexibility index (Phi) is 2.48. The Bertz CT molecular complexity index is 791. The monoisotopic (exact) mass is 368 g/mol. The summed E-state index contributed by atoms with van der Waals surface area (Å²) in [7, 11) is 1.60. The highest BCUT2D eigenvalue weighted by atomic mass is 16.5. The highest BCUT2D eigenvalue weighted by Crippen LogP contribution is 2.89. The number of ketones is 1. The van der Waals surface area contributed by atoms with E-state index in [1.807, 2.05) is 0 Å². The first-order chi connectivity index (χ1) is 12.8. The molecule has 0 bridgehead atoms. The standard InChI is InChI=1S/C24H32O3/c1-22-9-8-12-17-14-13-15(23(2,20(22)25)19(14)18(12)22)10-6-5-7-11(10)16(13)24(17,3)21(26)27-4/h10-19H,5-9H2,1-4H3/t10-,11+,12+,13-,14-,15+,16+,17-,18-,19+,22+,23+,24+/m0/s1. The van der Waals surface area contributed by atoms with E-state index in [0.717, 1.165) is 12.8 Å². The van der Waals surface area contributed by atoms with Crippen molar-refractivity contribution < 1.29 is 14.3 Å².